The van der Waals surface area contributed by atoms with Gasteiger partial charge in [-0.05, 0) is 33.2 Å². The summed E-state index contributed by atoms with van der Waals surface area (Å²) >= 11 is 0. The van der Waals surface area contributed by atoms with Crippen molar-refractivity contribution in [3.05, 3.63) is 0 Å². The summed E-state index contributed by atoms with van der Waals surface area (Å²) in [5.41, 5.74) is 0. The van der Waals surface area contributed by atoms with Crippen molar-refractivity contribution < 1.29 is 9.90 Å². The normalized spacial score (nSPS) is 19.8. The van der Waals surface area contributed by atoms with E-state index in [0.29, 0.717) is 19.0 Å². The van der Waals surface area contributed by atoms with Crippen molar-refractivity contribution in [3.8, 4) is 0 Å². The van der Waals surface area contributed by atoms with Gasteiger partial charge in [0.25, 0.3) is 0 Å². The highest BCUT2D eigenvalue weighted by atomic mass is 16.3. The van der Waals surface area contributed by atoms with Crippen LogP contribution in [0, 0.1) is 0 Å². The summed E-state index contributed by atoms with van der Waals surface area (Å²) in [6.45, 7) is 2.97. The third kappa shape index (κ3) is 8.22. The predicted octanol–water partition coefficient (Wildman–Crippen LogP) is 1.92. The van der Waals surface area contributed by atoms with Gasteiger partial charge in [-0.3, -0.25) is 9.69 Å². The van der Waals surface area contributed by atoms with Crippen LogP contribution >= 0.6 is 0 Å². The third-order valence-electron chi connectivity index (χ3n) is 3.81. The second kappa shape index (κ2) is 9.32. The molecule has 2 N–H and O–H groups in total. The largest absolute Gasteiger partial charge is 0.393 e. The molecule has 0 aliphatic heterocycles. The van der Waals surface area contributed by atoms with E-state index in [-0.39, 0.29) is 12.0 Å². The fraction of sp³-hybridized carbons (Fsp3) is 0.933. The molecule has 1 fully saturated rings. The third-order valence-corrected chi connectivity index (χ3v) is 3.81. The van der Waals surface area contributed by atoms with E-state index < -0.39 is 0 Å². The van der Waals surface area contributed by atoms with E-state index in [4.69, 9.17) is 0 Å². The second-order valence-electron chi connectivity index (χ2n) is 5.99. The van der Waals surface area contributed by atoms with Crippen molar-refractivity contribution in [1.82, 2.24) is 10.2 Å². The molecule has 1 aliphatic carbocycles. The Morgan fingerprint density at radius 3 is 2.42 bits per heavy atom. The molecule has 112 valence electrons. The first-order valence-electron chi connectivity index (χ1n) is 7.74. The van der Waals surface area contributed by atoms with E-state index in [1.54, 1.807) is 6.92 Å². The highest BCUT2D eigenvalue weighted by Crippen LogP contribution is 2.16. The van der Waals surface area contributed by atoms with Crippen molar-refractivity contribution in [2.45, 2.75) is 70.4 Å². The molecule has 0 radical (unpaired) electrons. The van der Waals surface area contributed by atoms with Crippen molar-refractivity contribution >= 4 is 5.91 Å². The van der Waals surface area contributed by atoms with E-state index in [9.17, 15) is 9.90 Å². The lowest BCUT2D eigenvalue weighted by Crippen LogP contribution is -2.41. The van der Waals surface area contributed by atoms with Gasteiger partial charge in [-0.1, -0.05) is 32.1 Å². The molecule has 1 unspecified atom stereocenters. The summed E-state index contributed by atoms with van der Waals surface area (Å²) in [7, 11) is 1.93. The maximum Gasteiger partial charge on any atom is 0.234 e. The zero-order valence-corrected chi connectivity index (χ0v) is 12.5. The second-order valence-corrected chi connectivity index (χ2v) is 5.99. The van der Waals surface area contributed by atoms with Gasteiger partial charge in [-0.2, -0.15) is 0 Å². The van der Waals surface area contributed by atoms with Crippen molar-refractivity contribution in [3.63, 3.8) is 0 Å². The van der Waals surface area contributed by atoms with E-state index in [2.05, 4.69) is 5.32 Å². The van der Waals surface area contributed by atoms with E-state index >= 15 is 0 Å². The summed E-state index contributed by atoms with van der Waals surface area (Å²) in [5, 5.41) is 12.4. The van der Waals surface area contributed by atoms with Gasteiger partial charge in [0.2, 0.25) is 5.91 Å². The number of carbonyl (C=O) groups is 1. The van der Waals surface area contributed by atoms with Crippen LogP contribution in [0.3, 0.4) is 0 Å². The molecule has 0 spiro atoms. The van der Waals surface area contributed by atoms with Gasteiger partial charge in [-0.25, -0.2) is 0 Å². The number of carbonyl (C=O) groups excluding carboxylic acids is 1. The minimum absolute atomic E-state index is 0.124. The van der Waals surface area contributed by atoms with Gasteiger partial charge in [-0.15, -0.1) is 0 Å². The quantitative estimate of drug-likeness (QED) is 0.775. The maximum atomic E-state index is 11.9. The number of hydrogen-bond acceptors (Lipinski definition) is 3. The Hall–Kier alpha value is -0.610. The Kier molecular flexibility index (Phi) is 8.07. The first kappa shape index (κ1) is 16.4. The van der Waals surface area contributed by atoms with Crippen LogP contribution in [-0.2, 0) is 4.79 Å². The van der Waals surface area contributed by atoms with Gasteiger partial charge < -0.3 is 10.4 Å². The summed E-state index contributed by atoms with van der Waals surface area (Å²) in [4.78, 5) is 13.9. The first-order valence-corrected chi connectivity index (χ1v) is 7.74. The van der Waals surface area contributed by atoms with Crippen LogP contribution in [0.1, 0.15) is 58.3 Å². The SMILES string of the molecule is CC(O)CCN(C)CC(=O)NC1CCCCCCC1. The van der Waals surface area contributed by atoms with Crippen LogP contribution in [0.5, 0.6) is 0 Å². The lowest BCUT2D eigenvalue weighted by atomic mass is 9.97. The number of nitrogens with one attached hydrogen (secondary N) is 1. The number of nitrogens with zero attached hydrogens (tertiary/aromatic N) is 1. The molecule has 0 aromatic heterocycles. The molecule has 1 rings (SSSR count). The Balaban J connectivity index is 2.21. The van der Waals surface area contributed by atoms with Crippen LogP contribution in [-0.4, -0.2) is 48.2 Å². The topological polar surface area (TPSA) is 52.6 Å². The van der Waals surface area contributed by atoms with Gasteiger partial charge in [0.05, 0.1) is 12.6 Å². The van der Waals surface area contributed by atoms with Crippen LogP contribution < -0.4 is 5.32 Å². The van der Waals surface area contributed by atoms with E-state index in [1.807, 2.05) is 11.9 Å². The van der Waals surface area contributed by atoms with Crippen LogP contribution in [0.15, 0.2) is 0 Å². The number of likely N-dealkylation sites (N-methyl/N-ethyl adjacent to an activating group) is 1. The zero-order chi connectivity index (χ0) is 14.1. The molecular weight excluding hydrogens is 240 g/mol. The molecule has 4 nitrogen and oxygen atoms in total. The summed E-state index contributed by atoms with van der Waals surface area (Å²) in [6.07, 6.45) is 9.12. The molecule has 0 saturated heterocycles. The number of aliphatic hydroxyl groups excluding tert-OH is 1. The highest BCUT2D eigenvalue weighted by molar-refractivity contribution is 5.78. The van der Waals surface area contributed by atoms with Crippen LogP contribution in [0.2, 0.25) is 0 Å². The maximum absolute atomic E-state index is 11.9. The minimum atomic E-state index is -0.295. The van der Waals surface area contributed by atoms with Gasteiger partial charge >= 0.3 is 0 Å². The van der Waals surface area contributed by atoms with Crippen molar-refractivity contribution in [1.29, 1.82) is 0 Å². The molecule has 4 heteroatoms. The van der Waals surface area contributed by atoms with Crippen LogP contribution in [0.4, 0.5) is 0 Å². The molecule has 0 bridgehead atoms. The molecule has 0 aromatic carbocycles. The Labute approximate surface area is 117 Å². The smallest absolute Gasteiger partial charge is 0.234 e. The van der Waals surface area contributed by atoms with E-state index in [0.717, 1.165) is 19.4 Å². The van der Waals surface area contributed by atoms with Gasteiger partial charge in [0.1, 0.15) is 0 Å². The number of amides is 1. The van der Waals surface area contributed by atoms with E-state index in [1.165, 1.54) is 32.1 Å². The molecule has 1 saturated carbocycles. The molecule has 1 amide bonds. The minimum Gasteiger partial charge on any atom is -0.393 e. The van der Waals surface area contributed by atoms with Crippen LogP contribution in [0.25, 0.3) is 0 Å². The number of hydrogen-bond donors (Lipinski definition) is 2. The number of aliphatic hydroxyl groups is 1. The highest BCUT2D eigenvalue weighted by Gasteiger charge is 2.15. The average Bonchev–Trinajstić information content (AvgIpc) is 2.30. The monoisotopic (exact) mass is 270 g/mol. The molecule has 0 aromatic rings. The van der Waals surface area contributed by atoms with Crippen molar-refractivity contribution in [2.75, 3.05) is 20.1 Å². The fourth-order valence-corrected chi connectivity index (χ4v) is 2.61. The Morgan fingerprint density at radius 2 is 1.84 bits per heavy atom. The Bertz CT molecular complexity index is 249. The number of rotatable bonds is 6. The predicted molar refractivity (Wildman–Crippen MR) is 78.0 cm³/mol. The zero-order valence-electron chi connectivity index (χ0n) is 12.5. The standard InChI is InChI=1S/C15H30N2O2/c1-13(18)10-11-17(2)12-15(19)16-14-8-6-4-3-5-7-9-14/h13-14,18H,3-12H2,1-2H3,(H,16,19). The fourth-order valence-electron chi connectivity index (χ4n) is 2.61. The van der Waals surface area contributed by atoms with Crippen molar-refractivity contribution in [2.24, 2.45) is 0 Å². The lowest BCUT2D eigenvalue weighted by Gasteiger charge is -2.23. The average molecular weight is 270 g/mol. The molecule has 0 heterocycles. The summed E-state index contributed by atoms with van der Waals surface area (Å²) < 4.78 is 0. The molecule has 1 aliphatic rings. The first-order chi connectivity index (χ1) is 9.08. The Morgan fingerprint density at radius 1 is 1.26 bits per heavy atom. The molecule has 1 atom stereocenters. The van der Waals surface area contributed by atoms with Gasteiger partial charge in [0.15, 0.2) is 0 Å². The molecule has 19 heavy (non-hydrogen) atoms. The summed E-state index contributed by atoms with van der Waals surface area (Å²) in [5.74, 6) is 0.124. The summed E-state index contributed by atoms with van der Waals surface area (Å²) in [6, 6.07) is 0.373. The molecular formula is C15H30N2O2. The lowest BCUT2D eigenvalue weighted by molar-refractivity contribution is -0.122. The van der Waals surface area contributed by atoms with Gasteiger partial charge in [0, 0.05) is 12.6 Å².